The van der Waals surface area contributed by atoms with Crippen LogP contribution in [0.3, 0.4) is 0 Å². The predicted molar refractivity (Wildman–Crippen MR) is 108 cm³/mol. The molecule has 2 aromatic heterocycles. The van der Waals surface area contributed by atoms with Gasteiger partial charge in [0.05, 0.1) is 23.9 Å². The number of hydrogen-bond donors (Lipinski definition) is 2. The number of aromatic nitrogens is 3. The van der Waals surface area contributed by atoms with Crippen molar-refractivity contribution in [1.82, 2.24) is 15.2 Å². The SMILES string of the molecule is C[C@H]1C[C@H]2CSC(N)=N[C@@]2(c2nc(N(C(=O)c3[nH]ncc3Cl)C(F)F)cs2)CO1. The first-order chi connectivity index (χ1) is 13.8. The van der Waals surface area contributed by atoms with Gasteiger partial charge in [0.2, 0.25) is 0 Å². The molecule has 3 atom stereocenters. The van der Waals surface area contributed by atoms with Gasteiger partial charge in [0, 0.05) is 17.1 Å². The van der Waals surface area contributed by atoms with Crippen molar-refractivity contribution in [1.29, 1.82) is 0 Å². The summed E-state index contributed by atoms with van der Waals surface area (Å²) in [5, 5.41) is 8.20. The number of ether oxygens (including phenoxy) is 1. The number of thioether (sulfide) groups is 1. The van der Waals surface area contributed by atoms with E-state index in [2.05, 4.69) is 20.2 Å². The summed E-state index contributed by atoms with van der Waals surface area (Å²) in [5.41, 5.74) is 4.89. The van der Waals surface area contributed by atoms with Gasteiger partial charge in [0.25, 0.3) is 5.91 Å². The largest absolute Gasteiger partial charge is 0.379 e. The summed E-state index contributed by atoms with van der Waals surface area (Å²) in [6, 6.07) is 0. The topological polar surface area (TPSA) is 109 Å². The molecule has 2 aliphatic rings. The lowest BCUT2D eigenvalue weighted by Gasteiger charge is -2.44. The Morgan fingerprint density at radius 1 is 1.55 bits per heavy atom. The van der Waals surface area contributed by atoms with Crippen LogP contribution in [0.4, 0.5) is 14.6 Å². The highest BCUT2D eigenvalue weighted by Crippen LogP contribution is 2.47. The molecule has 0 aromatic carbocycles. The van der Waals surface area contributed by atoms with E-state index in [0.29, 0.717) is 10.2 Å². The maximum absolute atomic E-state index is 13.8. The van der Waals surface area contributed by atoms with E-state index < -0.39 is 18.0 Å². The van der Waals surface area contributed by atoms with Crippen LogP contribution in [0.25, 0.3) is 0 Å². The molecule has 13 heteroatoms. The van der Waals surface area contributed by atoms with Crippen molar-refractivity contribution in [3.63, 3.8) is 0 Å². The Balaban J connectivity index is 1.71. The standard InChI is InChI=1S/C16H17ClF2N6O2S2/c1-7-2-8-4-29-15(20)23-16(8,6-27-7)13-22-10(5-28-13)25(14(18)19)12(26)11-9(17)3-21-24-11/h3,5,7-8,14H,2,4,6H2,1H3,(H2,20,23)(H,21,24)/t7-,8-,16-/m0/s1. The third-order valence-corrected chi connectivity index (χ3v) is 7.19. The van der Waals surface area contributed by atoms with Gasteiger partial charge in [0.15, 0.2) is 11.0 Å². The molecule has 29 heavy (non-hydrogen) atoms. The summed E-state index contributed by atoms with van der Waals surface area (Å²) in [6.07, 6.45) is 1.98. The second kappa shape index (κ2) is 7.82. The number of hydrogen-bond acceptors (Lipinski definition) is 8. The van der Waals surface area contributed by atoms with Gasteiger partial charge < -0.3 is 10.5 Å². The summed E-state index contributed by atoms with van der Waals surface area (Å²) < 4.78 is 33.4. The van der Waals surface area contributed by atoms with E-state index in [1.54, 1.807) is 0 Å². The van der Waals surface area contributed by atoms with Crippen molar-refractivity contribution in [2.24, 2.45) is 16.6 Å². The number of aliphatic imine (C=N–C) groups is 1. The van der Waals surface area contributed by atoms with Gasteiger partial charge in [-0.1, -0.05) is 23.4 Å². The Hall–Kier alpha value is -1.76. The van der Waals surface area contributed by atoms with Gasteiger partial charge in [-0.2, -0.15) is 13.9 Å². The number of amides is 1. The monoisotopic (exact) mass is 462 g/mol. The van der Waals surface area contributed by atoms with E-state index in [1.165, 1.54) is 23.3 Å². The highest BCUT2D eigenvalue weighted by Gasteiger charge is 2.49. The van der Waals surface area contributed by atoms with E-state index in [4.69, 9.17) is 22.1 Å². The number of nitrogens with zero attached hydrogens (tertiary/aromatic N) is 4. The van der Waals surface area contributed by atoms with Crippen LogP contribution >= 0.6 is 34.7 Å². The van der Waals surface area contributed by atoms with Crippen LogP contribution in [-0.4, -0.2) is 51.3 Å². The van der Waals surface area contributed by atoms with Crippen LogP contribution < -0.4 is 10.6 Å². The molecule has 8 nitrogen and oxygen atoms in total. The fourth-order valence-corrected chi connectivity index (χ4v) is 5.68. The van der Waals surface area contributed by atoms with Crippen molar-refractivity contribution >= 4 is 51.6 Å². The summed E-state index contributed by atoms with van der Waals surface area (Å²) >= 11 is 8.48. The Labute approximate surface area is 177 Å². The zero-order valence-corrected chi connectivity index (χ0v) is 17.5. The maximum atomic E-state index is 13.8. The van der Waals surface area contributed by atoms with Crippen molar-refractivity contribution < 1.29 is 18.3 Å². The van der Waals surface area contributed by atoms with Crippen LogP contribution in [0, 0.1) is 5.92 Å². The Kier molecular flexibility index (Phi) is 5.53. The number of carbonyl (C=O) groups excluding carboxylic acids is 1. The quantitative estimate of drug-likeness (QED) is 0.676. The predicted octanol–water partition coefficient (Wildman–Crippen LogP) is 3.07. The number of aromatic amines is 1. The molecule has 0 unspecified atom stereocenters. The lowest BCUT2D eigenvalue weighted by atomic mass is 9.80. The van der Waals surface area contributed by atoms with E-state index in [9.17, 15) is 13.6 Å². The molecule has 4 rings (SSSR count). The minimum atomic E-state index is -3.12. The average molecular weight is 463 g/mol. The molecule has 1 amide bonds. The fourth-order valence-electron chi connectivity index (χ4n) is 3.49. The normalized spacial score (nSPS) is 26.9. The highest BCUT2D eigenvalue weighted by atomic mass is 35.5. The number of alkyl halides is 2. The van der Waals surface area contributed by atoms with Crippen LogP contribution in [-0.2, 0) is 10.3 Å². The lowest BCUT2D eigenvalue weighted by molar-refractivity contribution is -0.0466. The van der Waals surface area contributed by atoms with Gasteiger partial charge >= 0.3 is 6.55 Å². The van der Waals surface area contributed by atoms with Crippen molar-refractivity contribution in [3.8, 4) is 0 Å². The lowest BCUT2D eigenvalue weighted by Crippen LogP contribution is -2.49. The summed E-state index contributed by atoms with van der Waals surface area (Å²) in [5.74, 6) is -0.377. The number of nitrogens with one attached hydrogen (secondary N) is 1. The molecule has 1 saturated heterocycles. The average Bonchev–Trinajstić information content (AvgIpc) is 3.31. The van der Waals surface area contributed by atoms with Crippen LogP contribution in [0.1, 0.15) is 28.8 Å². The number of anilines is 1. The summed E-state index contributed by atoms with van der Waals surface area (Å²) in [6.45, 7) is -0.889. The molecule has 2 aliphatic heterocycles. The molecule has 0 aliphatic carbocycles. The number of thiazole rings is 1. The number of fused-ring (bicyclic) bond motifs is 1. The number of H-pyrrole nitrogens is 1. The smallest absolute Gasteiger partial charge is 0.323 e. The third-order valence-electron chi connectivity index (χ3n) is 4.95. The third kappa shape index (κ3) is 3.62. The second-order valence-electron chi connectivity index (χ2n) is 6.80. The van der Waals surface area contributed by atoms with E-state index in [-0.39, 0.29) is 40.1 Å². The van der Waals surface area contributed by atoms with Crippen LogP contribution in [0.5, 0.6) is 0 Å². The molecule has 3 N–H and O–H groups in total. The van der Waals surface area contributed by atoms with Gasteiger partial charge in [-0.15, -0.1) is 11.3 Å². The number of halogens is 3. The van der Waals surface area contributed by atoms with Gasteiger partial charge in [-0.05, 0) is 13.3 Å². The van der Waals surface area contributed by atoms with Crippen LogP contribution in [0.2, 0.25) is 5.02 Å². The van der Waals surface area contributed by atoms with Crippen molar-refractivity contribution in [3.05, 3.63) is 27.3 Å². The summed E-state index contributed by atoms with van der Waals surface area (Å²) in [4.78, 5) is 21.9. The molecule has 0 bridgehead atoms. The molecular weight excluding hydrogens is 446 g/mol. The van der Waals surface area contributed by atoms with Gasteiger partial charge in [0.1, 0.15) is 16.2 Å². The first kappa shape index (κ1) is 20.5. The van der Waals surface area contributed by atoms with Crippen molar-refractivity contribution in [2.45, 2.75) is 31.5 Å². The minimum Gasteiger partial charge on any atom is -0.379 e. The minimum absolute atomic E-state index is 0.0499. The molecule has 0 saturated carbocycles. The molecule has 1 fully saturated rings. The Bertz CT molecular complexity index is 953. The number of nitrogens with two attached hydrogens (primary N) is 1. The molecular formula is C16H17ClF2N6O2S2. The number of rotatable bonds is 4. The first-order valence-electron chi connectivity index (χ1n) is 8.68. The Morgan fingerprint density at radius 2 is 2.34 bits per heavy atom. The first-order valence-corrected chi connectivity index (χ1v) is 10.9. The molecule has 156 valence electrons. The second-order valence-corrected chi connectivity index (χ2v) is 9.10. The molecule has 0 radical (unpaired) electrons. The number of amidine groups is 1. The van der Waals surface area contributed by atoms with E-state index in [1.807, 2.05) is 6.92 Å². The zero-order valence-electron chi connectivity index (χ0n) is 15.1. The van der Waals surface area contributed by atoms with Crippen LogP contribution in [0.15, 0.2) is 16.6 Å². The molecule has 4 heterocycles. The zero-order chi connectivity index (χ0) is 20.8. The van der Waals surface area contributed by atoms with E-state index >= 15 is 0 Å². The fraction of sp³-hybridized carbons (Fsp3) is 0.500. The molecule has 2 aromatic rings. The highest BCUT2D eigenvalue weighted by molar-refractivity contribution is 8.13. The number of carbonyl (C=O) groups is 1. The van der Waals surface area contributed by atoms with Gasteiger partial charge in [-0.3, -0.25) is 9.89 Å². The Morgan fingerprint density at radius 3 is 3.03 bits per heavy atom. The summed E-state index contributed by atoms with van der Waals surface area (Å²) in [7, 11) is 0. The van der Waals surface area contributed by atoms with Crippen molar-refractivity contribution in [2.75, 3.05) is 17.3 Å². The van der Waals surface area contributed by atoms with E-state index in [0.717, 1.165) is 23.5 Å². The maximum Gasteiger partial charge on any atom is 0.323 e. The molecule has 0 spiro atoms. The van der Waals surface area contributed by atoms with Gasteiger partial charge in [-0.25, -0.2) is 14.9 Å².